The zero-order valence-electron chi connectivity index (χ0n) is 17.1. The number of likely N-dealkylation sites (N-methyl/N-ethyl adjacent to an activating group) is 1. The molecule has 0 atom stereocenters. The molecule has 2 aliphatic rings. The molecule has 1 N–H and O–H groups in total. The van der Waals surface area contributed by atoms with Crippen molar-refractivity contribution in [1.82, 2.24) is 24.6 Å². The topological polar surface area (TPSA) is 79.3 Å². The SMILES string of the molecule is COC1=CC=C(n2[nH]c3c(cnc4ccc(N5CCN(C)CC5)nc43)c2=O)C=CC1.[HH]. The number of anilines is 1. The number of ether oxygens (including phenoxy) is 1. The Morgan fingerprint density at radius 2 is 2.00 bits per heavy atom. The van der Waals surface area contributed by atoms with Crippen molar-refractivity contribution in [1.29, 1.82) is 0 Å². The zero-order chi connectivity index (χ0) is 20.7. The minimum absolute atomic E-state index is 0. The second-order valence-electron chi connectivity index (χ2n) is 7.66. The summed E-state index contributed by atoms with van der Waals surface area (Å²) in [5.41, 5.74) is 2.78. The van der Waals surface area contributed by atoms with Gasteiger partial charge in [-0.15, -0.1) is 0 Å². The number of aromatic amines is 1. The van der Waals surface area contributed by atoms with Crippen LogP contribution in [0, 0.1) is 0 Å². The van der Waals surface area contributed by atoms with E-state index in [-0.39, 0.29) is 6.99 Å². The van der Waals surface area contributed by atoms with Gasteiger partial charge in [0.25, 0.3) is 5.56 Å². The summed E-state index contributed by atoms with van der Waals surface area (Å²) in [7, 11) is 3.78. The van der Waals surface area contributed by atoms with Crippen LogP contribution in [0.3, 0.4) is 0 Å². The summed E-state index contributed by atoms with van der Waals surface area (Å²) in [6.07, 6.45) is 9.96. The molecular weight excluding hydrogens is 380 g/mol. The fraction of sp³-hybridized carbons (Fsp3) is 0.318. The fourth-order valence-corrected chi connectivity index (χ4v) is 3.91. The first-order valence-corrected chi connectivity index (χ1v) is 10.1. The third-order valence-corrected chi connectivity index (χ3v) is 5.75. The summed E-state index contributed by atoms with van der Waals surface area (Å²) in [6, 6.07) is 3.98. The van der Waals surface area contributed by atoms with E-state index in [1.54, 1.807) is 18.0 Å². The molecule has 0 saturated carbocycles. The van der Waals surface area contributed by atoms with Gasteiger partial charge in [-0.2, -0.15) is 0 Å². The quantitative estimate of drug-likeness (QED) is 0.720. The second kappa shape index (κ2) is 7.46. The molecule has 0 unspecified atom stereocenters. The molecule has 0 aromatic carbocycles. The molecule has 8 nitrogen and oxygen atoms in total. The summed E-state index contributed by atoms with van der Waals surface area (Å²) >= 11 is 0. The van der Waals surface area contributed by atoms with Gasteiger partial charge >= 0.3 is 0 Å². The molecule has 3 aromatic heterocycles. The van der Waals surface area contributed by atoms with Crippen LogP contribution in [0.1, 0.15) is 7.85 Å². The maximum Gasteiger partial charge on any atom is 0.280 e. The number of fused-ring (bicyclic) bond motifs is 3. The molecule has 156 valence electrons. The number of H-pyrrole nitrogens is 1. The van der Waals surface area contributed by atoms with Crippen LogP contribution in [0.4, 0.5) is 5.82 Å². The highest BCUT2D eigenvalue weighted by molar-refractivity contribution is 6.01. The van der Waals surface area contributed by atoms with Gasteiger partial charge in [0.15, 0.2) is 0 Å². The monoisotopic (exact) mass is 406 g/mol. The highest BCUT2D eigenvalue weighted by atomic mass is 16.5. The lowest BCUT2D eigenvalue weighted by Crippen LogP contribution is -2.44. The Bertz CT molecular complexity index is 1260. The largest absolute Gasteiger partial charge is 0.501 e. The molecule has 5 rings (SSSR count). The van der Waals surface area contributed by atoms with Gasteiger partial charge in [-0.1, -0.05) is 6.08 Å². The van der Waals surface area contributed by atoms with Gasteiger partial charge in [0.05, 0.1) is 35.0 Å². The number of aromatic nitrogens is 4. The first kappa shape index (κ1) is 18.6. The van der Waals surface area contributed by atoms with Crippen molar-refractivity contribution in [2.24, 2.45) is 0 Å². The minimum Gasteiger partial charge on any atom is -0.501 e. The Morgan fingerprint density at radius 1 is 1.17 bits per heavy atom. The van der Waals surface area contributed by atoms with E-state index < -0.39 is 0 Å². The summed E-state index contributed by atoms with van der Waals surface area (Å²) in [5.74, 6) is 1.76. The minimum atomic E-state index is -0.142. The molecule has 4 heterocycles. The van der Waals surface area contributed by atoms with Gasteiger partial charge in [-0.05, 0) is 37.4 Å². The molecule has 1 fully saturated rings. The third-order valence-electron chi connectivity index (χ3n) is 5.75. The van der Waals surface area contributed by atoms with E-state index in [1.165, 1.54) is 0 Å². The van der Waals surface area contributed by atoms with Gasteiger partial charge in [-0.25, -0.2) is 9.67 Å². The maximum atomic E-state index is 13.1. The first-order valence-electron chi connectivity index (χ1n) is 10.1. The van der Waals surface area contributed by atoms with E-state index in [2.05, 4.69) is 26.9 Å². The van der Waals surface area contributed by atoms with Crippen LogP contribution >= 0.6 is 0 Å². The number of allylic oxidation sites excluding steroid dienone is 5. The molecule has 1 aliphatic carbocycles. The molecular formula is C22H26N6O2. The lowest BCUT2D eigenvalue weighted by atomic mass is 10.2. The second-order valence-corrected chi connectivity index (χ2v) is 7.66. The molecule has 1 aliphatic heterocycles. The molecule has 0 radical (unpaired) electrons. The average Bonchev–Trinajstić information content (AvgIpc) is 2.95. The molecule has 0 spiro atoms. The number of rotatable bonds is 3. The smallest absolute Gasteiger partial charge is 0.280 e. The van der Waals surface area contributed by atoms with Crippen LogP contribution in [-0.2, 0) is 4.74 Å². The number of pyridine rings is 2. The number of nitrogens with zero attached hydrogens (tertiary/aromatic N) is 5. The summed E-state index contributed by atoms with van der Waals surface area (Å²) in [5, 5.41) is 3.79. The Kier molecular flexibility index (Phi) is 4.63. The van der Waals surface area contributed by atoms with Crippen LogP contribution < -0.4 is 10.5 Å². The number of piperazine rings is 1. The van der Waals surface area contributed by atoms with E-state index in [0.717, 1.165) is 49.0 Å². The fourth-order valence-electron chi connectivity index (χ4n) is 3.91. The number of nitrogens with one attached hydrogen (secondary N) is 1. The number of hydrogen-bond donors (Lipinski definition) is 1. The van der Waals surface area contributed by atoms with Crippen molar-refractivity contribution >= 4 is 33.5 Å². The van der Waals surface area contributed by atoms with Crippen LogP contribution in [0.5, 0.6) is 0 Å². The van der Waals surface area contributed by atoms with Gasteiger partial charge in [0.1, 0.15) is 11.3 Å². The van der Waals surface area contributed by atoms with Crippen molar-refractivity contribution in [2.45, 2.75) is 6.42 Å². The summed E-state index contributed by atoms with van der Waals surface area (Å²) < 4.78 is 6.86. The van der Waals surface area contributed by atoms with Gasteiger partial charge in [-0.3, -0.25) is 14.9 Å². The normalized spacial score (nSPS) is 17.9. The van der Waals surface area contributed by atoms with E-state index in [4.69, 9.17) is 9.72 Å². The third kappa shape index (κ3) is 3.19. The Hall–Kier alpha value is -3.39. The van der Waals surface area contributed by atoms with Crippen LogP contribution in [0.15, 0.2) is 53.2 Å². The molecule has 1 saturated heterocycles. The van der Waals surface area contributed by atoms with Gasteiger partial charge < -0.3 is 14.5 Å². The van der Waals surface area contributed by atoms with E-state index in [0.29, 0.717) is 22.8 Å². The lowest BCUT2D eigenvalue weighted by Gasteiger charge is -2.33. The van der Waals surface area contributed by atoms with Crippen molar-refractivity contribution in [2.75, 3.05) is 45.2 Å². The van der Waals surface area contributed by atoms with Crippen LogP contribution in [0.25, 0.3) is 27.6 Å². The molecule has 0 amide bonds. The number of methoxy groups -OCH3 is 1. The van der Waals surface area contributed by atoms with Gasteiger partial charge in [0, 0.05) is 40.2 Å². The lowest BCUT2D eigenvalue weighted by molar-refractivity contribution is 0.285. The predicted molar refractivity (Wildman–Crippen MR) is 121 cm³/mol. The van der Waals surface area contributed by atoms with Crippen molar-refractivity contribution in [3.8, 4) is 0 Å². The first-order chi connectivity index (χ1) is 14.6. The van der Waals surface area contributed by atoms with Crippen molar-refractivity contribution in [3.05, 3.63) is 58.7 Å². The highest BCUT2D eigenvalue weighted by Crippen LogP contribution is 2.24. The van der Waals surface area contributed by atoms with E-state index in [9.17, 15) is 4.79 Å². The van der Waals surface area contributed by atoms with Crippen LogP contribution in [-0.4, -0.2) is 65.0 Å². The van der Waals surface area contributed by atoms with Gasteiger partial charge in [0.2, 0.25) is 0 Å². The Balaban J connectivity index is 0.00000231. The average molecular weight is 406 g/mol. The van der Waals surface area contributed by atoms with Crippen molar-refractivity contribution in [3.63, 3.8) is 0 Å². The highest BCUT2D eigenvalue weighted by Gasteiger charge is 2.18. The van der Waals surface area contributed by atoms with Crippen LogP contribution in [0.2, 0.25) is 0 Å². The standard InChI is InChI=1S/C22H24N6O2.H2/c1-26-10-12-27(13-11-26)19-9-8-18-21(24-19)20-17(14-23-18)22(29)28(25-20)15-4-3-5-16(30-2)7-6-15;/h3-4,6-9,14,25H,5,10-13H2,1-2H3;1H. The number of hydrogen-bond acceptors (Lipinski definition) is 6. The molecule has 8 heteroatoms. The van der Waals surface area contributed by atoms with E-state index in [1.807, 2.05) is 36.4 Å². The Labute approximate surface area is 175 Å². The molecule has 3 aromatic rings. The van der Waals surface area contributed by atoms with Crippen molar-refractivity contribution < 1.29 is 6.16 Å². The summed E-state index contributed by atoms with van der Waals surface area (Å²) in [6.45, 7) is 3.88. The maximum absolute atomic E-state index is 13.1. The molecule has 0 bridgehead atoms. The zero-order valence-corrected chi connectivity index (χ0v) is 17.1. The Morgan fingerprint density at radius 3 is 2.80 bits per heavy atom. The predicted octanol–water partition coefficient (Wildman–Crippen LogP) is 2.60. The van der Waals surface area contributed by atoms with E-state index >= 15 is 0 Å². The molecule has 30 heavy (non-hydrogen) atoms. The summed E-state index contributed by atoms with van der Waals surface area (Å²) in [4.78, 5) is 27.0.